The molecular formula is C33H63NO6S. The molecule has 0 aromatic carbocycles. The fourth-order valence-corrected chi connectivity index (χ4v) is 5.33. The number of hydrogen-bond acceptors (Lipinski definition) is 7. The molecule has 1 atom stereocenters. The molecule has 0 aliphatic carbocycles. The lowest BCUT2D eigenvalue weighted by molar-refractivity contribution is -0.148. The van der Waals surface area contributed by atoms with Crippen LogP contribution in [0.3, 0.4) is 0 Å². The van der Waals surface area contributed by atoms with Crippen LogP contribution in [0, 0.1) is 0 Å². The second-order valence-electron chi connectivity index (χ2n) is 11.4. The maximum Gasteiger partial charge on any atom is 0.321 e. The van der Waals surface area contributed by atoms with Gasteiger partial charge in [0.1, 0.15) is 6.04 Å². The zero-order valence-electron chi connectivity index (χ0n) is 26.6. The van der Waals surface area contributed by atoms with Crippen molar-refractivity contribution in [2.75, 3.05) is 32.1 Å². The maximum atomic E-state index is 12.2. The summed E-state index contributed by atoms with van der Waals surface area (Å²) in [6, 6.07) is -0.872. The first-order valence-corrected chi connectivity index (χ1v) is 17.5. The third-order valence-corrected chi connectivity index (χ3v) is 7.97. The van der Waals surface area contributed by atoms with Gasteiger partial charge in [-0.2, -0.15) is 12.6 Å². The van der Waals surface area contributed by atoms with Crippen LogP contribution in [0.25, 0.3) is 0 Å². The molecule has 242 valence electrons. The minimum absolute atomic E-state index is 0.0863. The molecule has 0 aliphatic heterocycles. The Balaban J connectivity index is 4.05. The van der Waals surface area contributed by atoms with Crippen LogP contribution in [-0.4, -0.2) is 66.0 Å². The molecule has 0 spiro atoms. The van der Waals surface area contributed by atoms with Gasteiger partial charge in [0.05, 0.1) is 26.1 Å². The van der Waals surface area contributed by atoms with Crippen molar-refractivity contribution < 1.29 is 29.0 Å². The van der Waals surface area contributed by atoms with E-state index in [0.717, 1.165) is 38.5 Å². The number of aliphatic carboxylic acids is 1. The second kappa shape index (κ2) is 30.2. The molecule has 7 nitrogen and oxygen atoms in total. The smallest absolute Gasteiger partial charge is 0.321 e. The number of carboxylic acids is 1. The third-order valence-electron chi connectivity index (χ3n) is 7.63. The van der Waals surface area contributed by atoms with E-state index >= 15 is 0 Å². The molecule has 0 saturated carbocycles. The summed E-state index contributed by atoms with van der Waals surface area (Å²) >= 11 is 4.18. The largest absolute Gasteiger partial charge is 0.480 e. The minimum atomic E-state index is -1.02. The van der Waals surface area contributed by atoms with E-state index in [-0.39, 0.29) is 43.6 Å². The summed E-state index contributed by atoms with van der Waals surface area (Å²) in [6.07, 6.45) is 24.5. The average Bonchev–Trinajstić information content (AvgIpc) is 2.95. The molecule has 0 fully saturated rings. The normalized spacial score (nSPS) is 12.0. The molecule has 0 heterocycles. The van der Waals surface area contributed by atoms with Crippen molar-refractivity contribution >= 4 is 30.5 Å². The van der Waals surface area contributed by atoms with Crippen molar-refractivity contribution in [1.82, 2.24) is 4.90 Å². The maximum absolute atomic E-state index is 12.2. The van der Waals surface area contributed by atoms with Gasteiger partial charge in [-0.3, -0.25) is 19.3 Å². The van der Waals surface area contributed by atoms with Crippen LogP contribution in [0.4, 0.5) is 0 Å². The summed E-state index contributed by atoms with van der Waals surface area (Å²) in [5.41, 5.74) is 0. The topological polar surface area (TPSA) is 93.1 Å². The SMILES string of the molecule is CCCCCCCCCCCCOC(=O)CCN(CCC(=O)OCCCCCCCCCCCC)C(CS)C(=O)O. The Morgan fingerprint density at radius 3 is 1.20 bits per heavy atom. The van der Waals surface area contributed by atoms with E-state index in [1.807, 2.05) is 0 Å². The molecule has 0 aromatic heterocycles. The van der Waals surface area contributed by atoms with E-state index < -0.39 is 12.0 Å². The first kappa shape index (κ1) is 39.7. The zero-order chi connectivity index (χ0) is 30.4. The Labute approximate surface area is 257 Å². The van der Waals surface area contributed by atoms with Gasteiger partial charge in [-0.1, -0.05) is 129 Å². The predicted octanol–water partition coefficient (Wildman–Crippen LogP) is 8.38. The molecule has 8 heteroatoms. The van der Waals surface area contributed by atoms with Crippen molar-refractivity contribution in [2.45, 2.75) is 161 Å². The Kier molecular flexibility index (Phi) is 29.2. The number of nitrogens with zero attached hydrogens (tertiary/aromatic N) is 1. The molecule has 41 heavy (non-hydrogen) atoms. The number of rotatable bonds is 31. The van der Waals surface area contributed by atoms with Gasteiger partial charge in [0.2, 0.25) is 0 Å². The lowest BCUT2D eigenvalue weighted by Gasteiger charge is -2.27. The lowest BCUT2D eigenvalue weighted by atomic mass is 10.1. The van der Waals surface area contributed by atoms with Crippen LogP contribution in [0.5, 0.6) is 0 Å². The Bertz CT molecular complexity index is 591. The summed E-state index contributed by atoms with van der Waals surface area (Å²) in [5.74, 6) is -1.59. The number of carbonyl (C=O) groups is 3. The Hall–Kier alpha value is -1.28. The van der Waals surface area contributed by atoms with Gasteiger partial charge < -0.3 is 14.6 Å². The summed E-state index contributed by atoms with van der Waals surface area (Å²) in [5, 5.41) is 9.58. The van der Waals surface area contributed by atoms with E-state index in [4.69, 9.17) is 9.47 Å². The average molecular weight is 602 g/mol. The molecule has 1 N–H and O–H groups in total. The molecular weight excluding hydrogens is 538 g/mol. The number of carboxylic acid groups (broad SMARTS) is 1. The van der Waals surface area contributed by atoms with E-state index in [9.17, 15) is 19.5 Å². The number of esters is 2. The van der Waals surface area contributed by atoms with Gasteiger partial charge in [-0.05, 0) is 12.8 Å². The fraction of sp³-hybridized carbons (Fsp3) is 0.909. The number of carbonyl (C=O) groups excluding carboxylic acids is 2. The quantitative estimate of drug-likeness (QED) is 0.0468. The van der Waals surface area contributed by atoms with Gasteiger partial charge >= 0.3 is 17.9 Å². The summed E-state index contributed by atoms with van der Waals surface area (Å²) in [6.45, 7) is 5.68. The van der Waals surface area contributed by atoms with Crippen LogP contribution in [0.15, 0.2) is 0 Å². The van der Waals surface area contributed by atoms with Crippen LogP contribution in [-0.2, 0) is 23.9 Å². The zero-order valence-corrected chi connectivity index (χ0v) is 27.4. The first-order chi connectivity index (χ1) is 20.0. The van der Waals surface area contributed by atoms with Crippen LogP contribution in [0.1, 0.15) is 155 Å². The highest BCUT2D eigenvalue weighted by Crippen LogP contribution is 2.12. The van der Waals surface area contributed by atoms with Gasteiger partial charge in [0.25, 0.3) is 0 Å². The minimum Gasteiger partial charge on any atom is -0.480 e. The summed E-state index contributed by atoms with van der Waals surface area (Å²) in [4.78, 5) is 37.8. The van der Waals surface area contributed by atoms with E-state index in [0.29, 0.717) is 13.2 Å². The number of thiol groups is 1. The standard InChI is InChI=1S/C33H63NO6S/c1-3-5-7-9-11-13-15-17-19-21-27-39-31(35)23-25-34(30(29-41)33(37)38)26-24-32(36)40-28-22-20-18-16-14-12-10-8-6-4-2/h30,41H,3-29H2,1-2H3,(H,37,38). The predicted molar refractivity (Wildman–Crippen MR) is 172 cm³/mol. The Morgan fingerprint density at radius 2 is 0.902 bits per heavy atom. The third kappa shape index (κ3) is 26.1. The number of ether oxygens (including phenoxy) is 2. The van der Waals surface area contributed by atoms with Crippen molar-refractivity contribution in [3.05, 3.63) is 0 Å². The Morgan fingerprint density at radius 1 is 0.585 bits per heavy atom. The van der Waals surface area contributed by atoms with Crippen molar-refractivity contribution in [3.63, 3.8) is 0 Å². The second-order valence-corrected chi connectivity index (χ2v) is 11.7. The van der Waals surface area contributed by atoms with Gasteiger partial charge in [-0.15, -0.1) is 0 Å². The lowest BCUT2D eigenvalue weighted by Crippen LogP contribution is -2.44. The molecule has 1 unspecified atom stereocenters. The van der Waals surface area contributed by atoms with E-state index in [1.54, 1.807) is 4.90 Å². The molecule has 0 saturated heterocycles. The van der Waals surface area contributed by atoms with Crippen molar-refractivity contribution in [1.29, 1.82) is 0 Å². The molecule has 0 radical (unpaired) electrons. The highest BCUT2D eigenvalue weighted by molar-refractivity contribution is 7.80. The van der Waals surface area contributed by atoms with Crippen molar-refractivity contribution in [2.24, 2.45) is 0 Å². The van der Waals surface area contributed by atoms with Crippen LogP contribution in [0.2, 0.25) is 0 Å². The molecule has 0 bridgehead atoms. The van der Waals surface area contributed by atoms with Gasteiger partial charge in [0, 0.05) is 18.8 Å². The monoisotopic (exact) mass is 601 g/mol. The summed E-state index contributed by atoms with van der Waals surface area (Å²) in [7, 11) is 0. The molecule has 0 rings (SSSR count). The van der Waals surface area contributed by atoms with Gasteiger partial charge in [-0.25, -0.2) is 0 Å². The molecule has 0 aliphatic rings. The van der Waals surface area contributed by atoms with Gasteiger partial charge in [0.15, 0.2) is 0 Å². The first-order valence-electron chi connectivity index (χ1n) is 16.8. The number of hydrogen-bond donors (Lipinski definition) is 2. The molecule has 0 amide bonds. The highest BCUT2D eigenvalue weighted by atomic mass is 32.1. The molecule has 0 aromatic rings. The van der Waals surface area contributed by atoms with Crippen LogP contribution < -0.4 is 0 Å². The summed E-state index contributed by atoms with van der Waals surface area (Å²) < 4.78 is 10.7. The van der Waals surface area contributed by atoms with E-state index in [1.165, 1.54) is 89.9 Å². The van der Waals surface area contributed by atoms with E-state index in [2.05, 4.69) is 26.5 Å². The fourth-order valence-electron chi connectivity index (χ4n) is 4.94. The van der Waals surface area contributed by atoms with Crippen molar-refractivity contribution in [3.8, 4) is 0 Å². The highest BCUT2D eigenvalue weighted by Gasteiger charge is 2.25. The van der Waals surface area contributed by atoms with Crippen LogP contribution >= 0.6 is 12.6 Å². The number of unbranched alkanes of at least 4 members (excludes halogenated alkanes) is 18.